The van der Waals surface area contributed by atoms with Gasteiger partial charge in [0, 0.05) is 30.4 Å². The molecule has 2 aliphatic rings. The van der Waals surface area contributed by atoms with Crippen molar-refractivity contribution >= 4 is 85.6 Å². The lowest BCUT2D eigenvalue weighted by Gasteiger charge is -2.13. The molecule has 5 aromatic rings. The van der Waals surface area contributed by atoms with E-state index in [-0.39, 0.29) is 22.3 Å². The Balaban J connectivity index is 0.000000160. The molecule has 4 heterocycles. The van der Waals surface area contributed by atoms with Crippen LogP contribution in [0, 0.1) is 0 Å². The molecular formula is C32H23N7O4S2. The molecule has 0 saturated carbocycles. The Morgan fingerprint density at radius 2 is 1.18 bits per heavy atom. The van der Waals surface area contributed by atoms with Crippen molar-refractivity contribution in [3.8, 4) is 11.3 Å². The number of nitrogens with zero attached hydrogens (tertiary/aromatic N) is 5. The van der Waals surface area contributed by atoms with Crippen molar-refractivity contribution in [1.82, 2.24) is 30.6 Å². The number of amides is 4. The molecule has 2 aromatic heterocycles. The fourth-order valence-corrected chi connectivity index (χ4v) is 6.01. The fraction of sp³-hybridized carbons (Fsp3) is 0.0625. The number of imide groups is 2. The topological polar surface area (TPSA) is 147 Å². The summed E-state index contributed by atoms with van der Waals surface area (Å²) in [5.41, 5.74) is 5.13. The Morgan fingerprint density at radius 3 is 1.71 bits per heavy atom. The largest absolute Gasteiger partial charge is 0.362 e. The first-order chi connectivity index (χ1) is 21.7. The lowest BCUT2D eigenvalue weighted by molar-refractivity contribution is -0.116. The maximum absolute atomic E-state index is 11.7. The van der Waals surface area contributed by atoms with Gasteiger partial charge in [-0.15, -0.1) is 0 Å². The average Bonchev–Trinajstić information content (AvgIpc) is 3.53. The zero-order chi connectivity index (χ0) is 31.5. The first-order valence-electron chi connectivity index (χ1n) is 13.5. The van der Waals surface area contributed by atoms with E-state index in [0.717, 1.165) is 73.5 Å². The highest BCUT2D eigenvalue weighted by molar-refractivity contribution is 8.18. The van der Waals surface area contributed by atoms with Crippen molar-refractivity contribution in [3.63, 3.8) is 0 Å². The van der Waals surface area contributed by atoms with Gasteiger partial charge in [-0.2, -0.15) is 0 Å². The van der Waals surface area contributed by atoms with Gasteiger partial charge in [0.25, 0.3) is 22.3 Å². The van der Waals surface area contributed by atoms with E-state index < -0.39 is 0 Å². The number of thioether (sulfide) groups is 2. The van der Waals surface area contributed by atoms with Crippen LogP contribution in [0.1, 0.15) is 11.1 Å². The quantitative estimate of drug-likeness (QED) is 0.237. The second-order valence-electron chi connectivity index (χ2n) is 9.94. The Bertz CT molecular complexity index is 2080. The molecule has 11 nitrogen and oxygen atoms in total. The lowest BCUT2D eigenvalue weighted by atomic mass is 10.0. The summed E-state index contributed by atoms with van der Waals surface area (Å²) in [6, 6.07) is 21.2. The van der Waals surface area contributed by atoms with Crippen LogP contribution in [-0.2, 0) is 9.59 Å². The number of fused-ring (bicyclic) bond motifs is 2. The van der Waals surface area contributed by atoms with Crippen LogP contribution < -0.4 is 15.5 Å². The fourth-order valence-electron chi connectivity index (χ4n) is 4.64. The van der Waals surface area contributed by atoms with Gasteiger partial charge in [-0.25, -0.2) is 19.9 Å². The maximum Gasteiger partial charge on any atom is 0.290 e. The van der Waals surface area contributed by atoms with E-state index in [1.54, 1.807) is 18.5 Å². The minimum atomic E-state index is -0.363. The third kappa shape index (κ3) is 6.59. The number of rotatable bonds is 4. The van der Waals surface area contributed by atoms with E-state index in [4.69, 9.17) is 0 Å². The highest BCUT2D eigenvalue weighted by atomic mass is 32.2. The van der Waals surface area contributed by atoms with Crippen LogP contribution >= 0.6 is 23.5 Å². The molecule has 0 spiro atoms. The molecule has 222 valence electrons. The number of hydrogen-bond acceptors (Lipinski definition) is 11. The second kappa shape index (κ2) is 12.7. The van der Waals surface area contributed by atoms with E-state index >= 15 is 0 Å². The summed E-state index contributed by atoms with van der Waals surface area (Å²) in [6.07, 6.45) is 6.46. The molecule has 4 amide bonds. The smallest absolute Gasteiger partial charge is 0.290 e. The molecule has 0 bridgehead atoms. The van der Waals surface area contributed by atoms with Crippen LogP contribution in [0.25, 0.3) is 45.2 Å². The number of carbonyl (C=O) groups excluding carboxylic acids is 4. The Hall–Kier alpha value is -5.40. The molecule has 7 rings (SSSR count). The van der Waals surface area contributed by atoms with Gasteiger partial charge in [0.15, 0.2) is 0 Å². The predicted molar refractivity (Wildman–Crippen MR) is 177 cm³/mol. The molecule has 2 fully saturated rings. The number of benzene rings is 3. The normalized spacial score (nSPS) is 16.2. The minimum absolute atomic E-state index is 0.343. The number of hydrogen-bond donors (Lipinski definition) is 2. The molecule has 45 heavy (non-hydrogen) atoms. The molecule has 2 aliphatic heterocycles. The molecule has 0 radical (unpaired) electrons. The van der Waals surface area contributed by atoms with Gasteiger partial charge >= 0.3 is 0 Å². The number of anilines is 1. The number of nitrogens with one attached hydrogen (secondary N) is 2. The average molecular weight is 634 g/mol. The van der Waals surface area contributed by atoms with Crippen molar-refractivity contribution in [2.45, 2.75) is 0 Å². The summed E-state index contributed by atoms with van der Waals surface area (Å²) in [4.78, 5) is 65.6. The van der Waals surface area contributed by atoms with E-state index in [9.17, 15) is 19.2 Å². The van der Waals surface area contributed by atoms with Crippen molar-refractivity contribution in [2.24, 2.45) is 0 Å². The van der Waals surface area contributed by atoms with Gasteiger partial charge in [-0.05, 0) is 71.1 Å². The molecule has 0 aliphatic carbocycles. The van der Waals surface area contributed by atoms with Crippen LogP contribution in [-0.4, -0.2) is 56.3 Å². The SMILES string of the molecule is CN(C)c1ncnc2ccc(C=C3SC(=O)NC3=O)cc12.O=C1NC(=O)C(=Cc2ccc3ncnc(-c4ccccc4)c3c2)S1. The van der Waals surface area contributed by atoms with Gasteiger partial charge in [-0.1, -0.05) is 42.5 Å². The molecule has 0 unspecified atom stereocenters. The predicted octanol–water partition coefficient (Wildman–Crippen LogP) is 5.64. The standard InChI is InChI=1S/C18H11N3O2S.C14H12N4O2S/c22-17-15(24-18(23)21-17)9-11-6-7-14-13(8-11)16(20-10-19-14)12-4-2-1-3-5-12;1-18(2)12-9-5-8(3-4-10(9)15-7-16-12)6-11-13(19)17-14(20)21-11/h1-10H,(H,21,22,23);3-7H,1-2H3,(H,17,19,20). The van der Waals surface area contributed by atoms with Gasteiger partial charge in [0.2, 0.25) is 0 Å². The molecule has 3 aromatic carbocycles. The third-order valence-electron chi connectivity index (χ3n) is 6.65. The second-order valence-corrected chi connectivity index (χ2v) is 12.0. The highest BCUT2D eigenvalue weighted by Gasteiger charge is 2.26. The Labute approximate surface area is 265 Å². The molecular weight excluding hydrogens is 611 g/mol. The monoisotopic (exact) mass is 633 g/mol. The summed E-state index contributed by atoms with van der Waals surface area (Å²) in [7, 11) is 3.82. The van der Waals surface area contributed by atoms with E-state index in [1.165, 1.54) is 6.33 Å². The van der Waals surface area contributed by atoms with Gasteiger partial charge in [-0.3, -0.25) is 29.8 Å². The molecule has 0 atom stereocenters. The molecule has 13 heteroatoms. The van der Waals surface area contributed by atoms with E-state index in [1.807, 2.05) is 85.7 Å². The van der Waals surface area contributed by atoms with Crippen molar-refractivity contribution in [1.29, 1.82) is 0 Å². The van der Waals surface area contributed by atoms with Gasteiger partial charge in [0.05, 0.1) is 26.5 Å². The summed E-state index contributed by atoms with van der Waals surface area (Å²) >= 11 is 1.81. The van der Waals surface area contributed by atoms with E-state index in [0.29, 0.717) is 9.81 Å². The first-order valence-corrected chi connectivity index (χ1v) is 15.1. The lowest BCUT2D eigenvalue weighted by Crippen LogP contribution is -2.17. The van der Waals surface area contributed by atoms with E-state index in [2.05, 4.69) is 30.6 Å². The van der Waals surface area contributed by atoms with Gasteiger partial charge in [0.1, 0.15) is 18.5 Å². The number of carbonyl (C=O) groups is 4. The van der Waals surface area contributed by atoms with Crippen molar-refractivity contribution in [2.75, 3.05) is 19.0 Å². The first kappa shape index (κ1) is 29.7. The van der Waals surface area contributed by atoms with Crippen LogP contribution in [0.15, 0.2) is 89.2 Å². The van der Waals surface area contributed by atoms with Crippen molar-refractivity contribution in [3.05, 3.63) is 100 Å². The molecule has 2 N–H and O–H groups in total. The van der Waals surface area contributed by atoms with Crippen molar-refractivity contribution < 1.29 is 19.2 Å². The summed E-state index contributed by atoms with van der Waals surface area (Å²) in [5.74, 6) is 0.0831. The highest BCUT2D eigenvalue weighted by Crippen LogP contribution is 2.30. The third-order valence-corrected chi connectivity index (χ3v) is 8.27. The zero-order valence-corrected chi connectivity index (χ0v) is 25.5. The number of aromatic nitrogens is 4. The van der Waals surface area contributed by atoms with Gasteiger partial charge < -0.3 is 4.90 Å². The van der Waals surface area contributed by atoms with Crippen LogP contribution in [0.3, 0.4) is 0 Å². The van der Waals surface area contributed by atoms with Crippen LogP contribution in [0.2, 0.25) is 0 Å². The minimum Gasteiger partial charge on any atom is -0.362 e. The maximum atomic E-state index is 11.7. The van der Waals surface area contributed by atoms with Crippen LogP contribution in [0.5, 0.6) is 0 Å². The zero-order valence-electron chi connectivity index (χ0n) is 23.8. The Kier molecular flexibility index (Phi) is 8.36. The summed E-state index contributed by atoms with van der Waals surface area (Å²) in [5, 5.41) is 5.59. The summed E-state index contributed by atoms with van der Waals surface area (Å²) in [6.45, 7) is 0. The van der Waals surface area contributed by atoms with Crippen LogP contribution in [0.4, 0.5) is 15.4 Å². The molecule has 2 saturated heterocycles. The Morgan fingerprint density at radius 1 is 0.644 bits per heavy atom. The summed E-state index contributed by atoms with van der Waals surface area (Å²) < 4.78 is 0.